The van der Waals surface area contributed by atoms with Gasteiger partial charge in [0.15, 0.2) is 0 Å². The van der Waals surface area contributed by atoms with Gasteiger partial charge < -0.3 is 18.9 Å². The summed E-state index contributed by atoms with van der Waals surface area (Å²) in [5.74, 6) is 0.768. The van der Waals surface area contributed by atoms with Crippen molar-refractivity contribution >= 4 is 21.9 Å². The molecule has 0 bridgehead atoms. The van der Waals surface area contributed by atoms with Crippen molar-refractivity contribution < 1.29 is 14.4 Å². The molecule has 1 aromatic carbocycles. The Morgan fingerprint density at radius 1 is 1.31 bits per heavy atom. The molecular formula is C19H25N4O3+. The van der Waals surface area contributed by atoms with Gasteiger partial charge in [0, 0.05) is 25.4 Å². The highest BCUT2D eigenvalue weighted by molar-refractivity contribution is 6.05. The van der Waals surface area contributed by atoms with Gasteiger partial charge in [0.05, 0.1) is 38.7 Å². The summed E-state index contributed by atoms with van der Waals surface area (Å²) in [6.07, 6.45) is 2.64. The molecule has 7 heteroatoms. The van der Waals surface area contributed by atoms with Gasteiger partial charge in [-0.25, -0.2) is 4.98 Å². The third-order valence-corrected chi connectivity index (χ3v) is 5.30. The minimum atomic E-state index is 0.0182. The van der Waals surface area contributed by atoms with Crippen molar-refractivity contribution in [3.05, 3.63) is 34.9 Å². The van der Waals surface area contributed by atoms with Gasteiger partial charge in [-0.3, -0.25) is 9.36 Å². The summed E-state index contributed by atoms with van der Waals surface area (Å²) < 4.78 is 14.4. The Morgan fingerprint density at radius 3 is 2.88 bits per heavy atom. The Morgan fingerprint density at radius 2 is 2.12 bits per heavy atom. The summed E-state index contributed by atoms with van der Waals surface area (Å²) in [6, 6.07) is 5.82. The van der Waals surface area contributed by atoms with E-state index in [-0.39, 0.29) is 5.56 Å². The van der Waals surface area contributed by atoms with Crippen LogP contribution in [0.3, 0.4) is 0 Å². The molecule has 0 saturated carbocycles. The first kappa shape index (κ1) is 17.1. The molecule has 0 amide bonds. The van der Waals surface area contributed by atoms with E-state index in [4.69, 9.17) is 9.47 Å². The predicted octanol–water partition coefficient (Wildman–Crippen LogP) is 0.202. The number of quaternary nitrogens is 1. The number of morpholine rings is 1. The number of methoxy groups -OCH3 is 1. The van der Waals surface area contributed by atoms with Crippen molar-refractivity contribution in [3.8, 4) is 5.75 Å². The molecule has 0 radical (unpaired) electrons. The highest BCUT2D eigenvalue weighted by atomic mass is 16.5. The van der Waals surface area contributed by atoms with Crippen molar-refractivity contribution in [2.75, 3.05) is 40.0 Å². The Balaban J connectivity index is 1.63. The minimum absolute atomic E-state index is 0.0182. The van der Waals surface area contributed by atoms with E-state index >= 15 is 0 Å². The fraction of sp³-hybridized carbons (Fsp3) is 0.474. The van der Waals surface area contributed by atoms with Crippen molar-refractivity contribution in [1.82, 2.24) is 14.1 Å². The van der Waals surface area contributed by atoms with Crippen LogP contribution in [-0.2, 0) is 18.3 Å². The summed E-state index contributed by atoms with van der Waals surface area (Å²) in [5, 5.41) is 0.948. The first-order valence-electron chi connectivity index (χ1n) is 9.12. The van der Waals surface area contributed by atoms with E-state index in [2.05, 4.69) is 4.98 Å². The average Bonchev–Trinajstić information content (AvgIpc) is 2.97. The fourth-order valence-corrected chi connectivity index (χ4v) is 3.79. The molecule has 138 valence electrons. The number of hydrogen-bond acceptors (Lipinski definition) is 4. The van der Waals surface area contributed by atoms with Crippen LogP contribution in [0.25, 0.3) is 21.9 Å². The van der Waals surface area contributed by atoms with E-state index in [1.165, 1.54) is 0 Å². The van der Waals surface area contributed by atoms with Crippen LogP contribution in [0, 0.1) is 0 Å². The average molecular weight is 357 g/mol. The maximum atomic E-state index is 13.0. The molecule has 2 aromatic heterocycles. The monoisotopic (exact) mass is 357 g/mol. The summed E-state index contributed by atoms with van der Waals surface area (Å²) >= 11 is 0. The number of hydrogen-bond donors (Lipinski definition) is 1. The summed E-state index contributed by atoms with van der Waals surface area (Å²) in [6.45, 7) is 5.52. The number of aromatic nitrogens is 3. The Hall–Kier alpha value is -2.38. The second kappa shape index (κ2) is 7.09. The molecule has 1 saturated heterocycles. The summed E-state index contributed by atoms with van der Waals surface area (Å²) in [7, 11) is 3.56. The van der Waals surface area contributed by atoms with Crippen LogP contribution in [0.15, 0.2) is 29.3 Å². The summed E-state index contributed by atoms with van der Waals surface area (Å²) in [5.41, 5.74) is 2.39. The van der Waals surface area contributed by atoms with Gasteiger partial charge in [-0.2, -0.15) is 0 Å². The normalized spacial score (nSPS) is 15.8. The highest BCUT2D eigenvalue weighted by Gasteiger charge is 2.16. The Kier molecular flexibility index (Phi) is 4.65. The predicted molar refractivity (Wildman–Crippen MR) is 100 cm³/mol. The second-order valence-corrected chi connectivity index (χ2v) is 6.85. The number of nitrogens with one attached hydrogen (secondary N) is 1. The molecule has 0 spiro atoms. The zero-order valence-electron chi connectivity index (χ0n) is 15.3. The topological polar surface area (TPSA) is 62.7 Å². The van der Waals surface area contributed by atoms with Gasteiger partial charge >= 0.3 is 0 Å². The van der Waals surface area contributed by atoms with E-state index in [1.807, 2.05) is 29.8 Å². The third-order valence-electron chi connectivity index (χ3n) is 5.30. The Labute approximate surface area is 151 Å². The van der Waals surface area contributed by atoms with Gasteiger partial charge in [-0.05, 0) is 18.2 Å². The molecule has 1 fully saturated rings. The maximum absolute atomic E-state index is 13.0. The zero-order chi connectivity index (χ0) is 18.1. The number of nitrogens with zero attached hydrogens (tertiary/aromatic N) is 3. The fourth-order valence-electron chi connectivity index (χ4n) is 3.79. The van der Waals surface area contributed by atoms with E-state index in [1.54, 1.807) is 22.9 Å². The van der Waals surface area contributed by atoms with Crippen molar-refractivity contribution in [2.45, 2.75) is 13.0 Å². The molecule has 26 heavy (non-hydrogen) atoms. The molecule has 3 aromatic rings. The first-order chi connectivity index (χ1) is 12.7. The van der Waals surface area contributed by atoms with Crippen LogP contribution in [0.4, 0.5) is 0 Å². The van der Waals surface area contributed by atoms with Crippen LogP contribution in [0.5, 0.6) is 5.75 Å². The van der Waals surface area contributed by atoms with Gasteiger partial charge in [0.25, 0.3) is 5.56 Å². The molecule has 4 rings (SSSR count). The largest absolute Gasteiger partial charge is 0.497 e. The van der Waals surface area contributed by atoms with E-state index in [0.29, 0.717) is 12.1 Å². The van der Waals surface area contributed by atoms with Crippen LogP contribution >= 0.6 is 0 Å². The smallest absolute Gasteiger partial charge is 0.277 e. The SMILES string of the molecule is COc1ccc2c(c1)c1ncn(CCC[NH+]3CCOCC3)c(=O)c1n2C. The molecule has 1 aliphatic heterocycles. The molecule has 3 heterocycles. The van der Waals surface area contributed by atoms with Crippen LogP contribution in [-0.4, -0.2) is 54.1 Å². The van der Waals surface area contributed by atoms with E-state index in [0.717, 1.165) is 61.4 Å². The molecule has 0 aliphatic carbocycles. The molecule has 1 N–H and O–H groups in total. The Bertz CT molecular complexity index is 986. The van der Waals surface area contributed by atoms with Gasteiger partial charge in [-0.15, -0.1) is 0 Å². The lowest BCUT2D eigenvalue weighted by atomic mass is 10.2. The quantitative estimate of drug-likeness (QED) is 0.709. The number of aryl methyl sites for hydroxylation is 2. The molecule has 1 aliphatic rings. The lowest BCUT2D eigenvalue weighted by molar-refractivity contribution is -0.908. The van der Waals surface area contributed by atoms with Gasteiger partial charge in [0.2, 0.25) is 0 Å². The zero-order valence-corrected chi connectivity index (χ0v) is 15.3. The van der Waals surface area contributed by atoms with Crippen molar-refractivity contribution in [2.24, 2.45) is 7.05 Å². The van der Waals surface area contributed by atoms with E-state index < -0.39 is 0 Å². The molecule has 0 unspecified atom stereocenters. The van der Waals surface area contributed by atoms with Crippen molar-refractivity contribution in [3.63, 3.8) is 0 Å². The van der Waals surface area contributed by atoms with Gasteiger partial charge in [0.1, 0.15) is 29.9 Å². The maximum Gasteiger partial charge on any atom is 0.277 e. The number of rotatable bonds is 5. The lowest BCUT2D eigenvalue weighted by Gasteiger charge is -2.23. The number of fused-ring (bicyclic) bond motifs is 3. The van der Waals surface area contributed by atoms with Crippen molar-refractivity contribution in [1.29, 1.82) is 0 Å². The highest BCUT2D eigenvalue weighted by Crippen LogP contribution is 2.27. The van der Waals surface area contributed by atoms with Crippen LogP contribution < -0.4 is 15.2 Å². The van der Waals surface area contributed by atoms with Gasteiger partial charge in [-0.1, -0.05) is 0 Å². The summed E-state index contributed by atoms with van der Waals surface area (Å²) in [4.78, 5) is 19.1. The van der Waals surface area contributed by atoms with Crippen LogP contribution in [0.2, 0.25) is 0 Å². The number of benzene rings is 1. The van der Waals surface area contributed by atoms with Crippen LogP contribution in [0.1, 0.15) is 6.42 Å². The standard InChI is InChI=1S/C19H24N4O3/c1-21-16-5-4-14(25-2)12-15(16)17-18(21)19(24)23(13-20-17)7-3-6-22-8-10-26-11-9-22/h4-5,12-13H,3,6-11H2,1-2H3/p+1. The van der Waals surface area contributed by atoms with E-state index in [9.17, 15) is 4.79 Å². The number of ether oxygens (including phenoxy) is 2. The third kappa shape index (κ3) is 2.97. The first-order valence-corrected chi connectivity index (χ1v) is 9.12. The molecule has 0 atom stereocenters. The molecular weight excluding hydrogens is 332 g/mol. The minimum Gasteiger partial charge on any atom is -0.497 e. The lowest BCUT2D eigenvalue weighted by Crippen LogP contribution is -3.14. The molecule has 7 nitrogen and oxygen atoms in total. The second-order valence-electron chi connectivity index (χ2n) is 6.85.